The number of likely N-dealkylation sites (tertiary alicyclic amines) is 1. The van der Waals surface area contributed by atoms with Crippen LogP contribution in [0.15, 0.2) is 43.0 Å². The van der Waals surface area contributed by atoms with Crippen LogP contribution in [0.2, 0.25) is 0 Å². The van der Waals surface area contributed by atoms with E-state index >= 15 is 0 Å². The highest BCUT2D eigenvalue weighted by atomic mass is 16.6. The van der Waals surface area contributed by atoms with Gasteiger partial charge in [0.2, 0.25) is 29.4 Å². The molecule has 1 aliphatic carbocycles. The van der Waals surface area contributed by atoms with Crippen molar-refractivity contribution in [1.29, 1.82) is 0 Å². The maximum Gasteiger partial charge on any atom is 0.408 e. The van der Waals surface area contributed by atoms with E-state index in [4.69, 9.17) is 4.74 Å². The number of carbonyl (C=O) groups is 7. The fraction of sp³-hybridized carbons (Fsp3) is 0.605. The fourth-order valence-electron chi connectivity index (χ4n) is 6.68. The number of carbonyl (C=O) groups excluding carboxylic acids is 7. The van der Waals surface area contributed by atoms with Crippen molar-refractivity contribution in [2.24, 2.45) is 11.8 Å². The van der Waals surface area contributed by atoms with E-state index in [0.717, 1.165) is 32.1 Å². The van der Waals surface area contributed by atoms with E-state index in [1.54, 1.807) is 71.3 Å². The van der Waals surface area contributed by atoms with Crippen LogP contribution in [-0.4, -0.2) is 102 Å². The molecule has 1 heterocycles. The lowest BCUT2D eigenvalue weighted by molar-refractivity contribution is -0.144. The number of ketones is 1. The minimum Gasteiger partial charge on any atom is -0.444 e. The molecule has 0 aromatic heterocycles. The Labute approximate surface area is 306 Å². The van der Waals surface area contributed by atoms with Crippen molar-refractivity contribution in [3.8, 4) is 0 Å². The van der Waals surface area contributed by atoms with E-state index in [1.165, 1.54) is 9.80 Å². The van der Waals surface area contributed by atoms with E-state index in [1.807, 2.05) is 6.92 Å². The second-order valence-corrected chi connectivity index (χ2v) is 14.9. The van der Waals surface area contributed by atoms with Crippen molar-refractivity contribution >= 4 is 41.4 Å². The Balaban J connectivity index is 1.72. The van der Waals surface area contributed by atoms with E-state index in [-0.39, 0.29) is 36.6 Å². The Morgan fingerprint density at radius 3 is 2.21 bits per heavy atom. The molecular weight excluding hydrogens is 668 g/mol. The van der Waals surface area contributed by atoms with Gasteiger partial charge in [0, 0.05) is 20.6 Å². The van der Waals surface area contributed by atoms with Crippen LogP contribution in [-0.2, 0) is 33.5 Å². The maximum absolute atomic E-state index is 14.2. The summed E-state index contributed by atoms with van der Waals surface area (Å²) in [5, 5.41) is 10.4. The van der Waals surface area contributed by atoms with Gasteiger partial charge in [0.25, 0.3) is 5.91 Å². The summed E-state index contributed by atoms with van der Waals surface area (Å²) in [7, 11) is 3.11. The summed E-state index contributed by atoms with van der Waals surface area (Å²) in [6, 6.07) is 4.50. The summed E-state index contributed by atoms with van der Waals surface area (Å²) in [4.78, 5) is 95.8. The molecule has 2 fully saturated rings. The van der Waals surface area contributed by atoms with Crippen molar-refractivity contribution < 1.29 is 38.3 Å². The van der Waals surface area contributed by atoms with Crippen molar-refractivity contribution in [1.82, 2.24) is 31.1 Å². The molecule has 0 radical (unpaired) electrons. The predicted molar refractivity (Wildman–Crippen MR) is 194 cm³/mol. The van der Waals surface area contributed by atoms with Crippen LogP contribution in [0.25, 0.3) is 0 Å². The number of alkyl carbamates (subject to hydrolysis) is 1. The molecule has 2 aliphatic rings. The maximum atomic E-state index is 14.2. The SMILES string of the molecule is C=CCCC(NC(=O)[C@@H]1[C@@H](C)CCN1C(=O)C(NC(=O)OC(C)(C)C)C1CCCCC1)C(=O)C(=O)NCC(=O)N[C@H](C(=O)N(C)C)c1ccccc1. The predicted octanol–water partition coefficient (Wildman–Crippen LogP) is 2.78. The number of hydrogen-bond donors (Lipinski definition) is 4. The van der Waals surface area contributed by atoms with Crippen molar-refractivity contribution in [2.45, 2.75) is 109 Å². The van der Waals surface area contributed by atoms with E-state index < -0.39 is 65.9 Å². The molecule has 6 amide bonds. The van der Waals surface area contributed by atoms with Gasteiger partial charge in [-0.25, -0.2) is 4.79 Å². The zero-order chi connectivity index (χ0) is 38.6. The lowest BCUT2D eigenvalue weighted by Gasteiger charge is -2.35. The van der Waals surface area contributed by atoms with Gasteiger partial charge in [-0.15, -0.1) is 6.58 Å². The molecule has 3 rings (SSSR count). The van der Waals surface area contributed by atoms with E-state index in [0.29, 0.717) is 18.4 Å². The van der Waals surface area contributed by atoms with Crippen molar-refractivity contribution in [3.63, 3.8) is 0 Å². The lowest BCUT2D eigenvalue weighted by atomic mass is 9.83. The standard InChI is InChI=1S/C38H56N6O8/c1-8-9-20-27(32(46)34(48)39-23-28(45)41-29(35(49)43(6)7)25-16-12-10-13-17-25)40-33(47)31-24(2)21-22-44(31)36(50)30(26-18-14-11-15-19-26)42-37(51)52-38(3,4)5/h8,10,12-13,16-17,24,26-27,29-31H,1,9,11,14-15,18-23H2,2-7H3,(H,39,48)(H,40,47)(H,41,45)(H,42,51)/t24-,27?,29-,30?,31-/m0/s1. The quantitative estimate of drug-likeness (QED) is 0.157. The van der Waals surface area contributed by atoms with Crippen molar-refractivity contribution in [3.05, 3.63) is 48.6 Å². The topological polar surface area (TPSA) is 183 Å². The van der Waals surface area contributed by atoms with Gasteiger partial charge < -0.3 is 35.8 Å². The first-order valence-corrected chi connectivity index (χ1v) is 18.1. The number of ether oxygens (including phenoxy) is 1. The van der Waals surface area contributed by atoms with Crippen LogP contribution < -0.4 is 21.3 Å². The van der Waals surface area contributed by atoms with E-state index in [2.05, 4.69) is 27.8 Å². The lowest BCUT2D eigenvalue weighted by Crippen LogP contribution is -2.59. The Morgan fingerprint density at radius 2 is 1.62 bits per heavy atom. The third-order valence-electron chi connectivity index (χ3n) is 9.36. The molecule has 1 saturated carbocycles. The van der Waals surface area contributed by atoms with Gasteiger partial charge in [-0.05, 0) is 70.3 Å². The van der Waals surface area contributed by atoms with Crippen LogP contribution in [0.5, 0.6) is 0 Å². The summed E-state index contributed by atoms with van der Waals surface area (Å²) in [5.74, 6) is -4.52. The van der Waals surface area contributed by atoms with Gasteiger partial charge in [-0.2, -0.15) is 0 Å². The summed E-state index contributed by atoms with van der Waals surface area (Å²) in [5.41, 5.74) is -0.225. The highest BCUT2D eigenvalue weighted by molar-refractivity contribution is 6.38. The Bertz CT molecular complexity index is 1450. The van der Waals surface area contributed by atoms with Gasteiger partial charge in [0.05, 0.1) is 12.6 Å². The number of benzene rings is 1. The second kappa shape index (κ2) is 19.2. The van der Waals surface area contributed by atoms with Gasteiger partial charge in [-0.3, -0.25) is 28.8 Å². The average molecular weight is 725 g/mol. The molecule has 2 unspecified atom stereocenters. The van der Waals surface area contributed by atoms with Crippen molar-refractivity contribution in [2.75, 3.05) is 27.2 Å². The molecule has 1 aliphatic heterocycles. The number of amides is 6. The molecule has 4 N–H and O–H groups in total. The van der Waals surface area contributed by atoms with Gasteiger partial charge in [0.15, 0.2) is 0 Å². The largest absolute Gasteiger partial charge is 0.444 e. The van der Waals surface area contributed by atoms with Gasteiger partial charge in [0.1, 0.15) is 23.7 Å². The van der Waals surface area contributed by atoms with Crippen LogP contribution in [0.4, 0.5) is 4.79 Å². The number of hydrogen-bond acceptors (Lipinski definition) is 8. The smallest absolute Gasteiger partial charge is 0.408 e. The molecular formula is C38H56N6O8. The number of rotatable bonds is 15. The molecule has 14 nitrogen and oxygen atoms in total. The Hall–Kier alpha value is -4.75. The molecule has 0 spiro atoms. The van der Waals surface area contributed by atoms with Crippen LogP contribution >= 0.6 is 0 Å². The normalized spacial score (nSPS) is 19.3. The molecule has 1 saturated heterocycles. The van der Waals surface area contributed by atoms with Gasteiger partial charge in [-0.1, -0.05) is 62.6 Å². The minimum atomic E-state index is -1.26. The highest BCUT2D eigenvalue weighted by Gasteiger charge is 2.45. The average Bonchev–Trinajstić information content (AvgIpc) is 3.50. The molecule has 1 aromatic carbocycles. The number of allylic oxidation sites excluding steroid dienone is 1. The number of Topliss-reactive ketones (excluding diaryl/α,β-unsaturated/α-hetero) is 1. The highest BCUT2D eigenvalue weighted by Crippen LogP contribution is 2.31. The number of nitrogens with zero attached hydrogens (tertiary/aromatic N) is 2. The first kappa shape index (κ1) is 41.7. The third-order valence-corrected chi connectivity index (χ3v) is 9.36. The number of nitrogens with one attached hydrogen (secondary N) is 4. The van der Waals surface area contributed by atoms with E-state index in [9.17, 15) is 33.6 Å². The molecule has 14 heteroatoms. The molecule has 0 bridgehead atoms. The summed E-state index contributed by atoms with van der Waals surface area (Å²) < 4.78 is 5.47. The third kappa shape index (κ3) is 11.9. The van der Waals surface area contributed by atoms with Crippen LogP contribution in [0.1, 0.15) is 90.7 Å². The van der Waals surface area contributed by atoms with Gasteiger partial charge >= 0.3 is 6.09 Å². The Morgan fingerprint density at radius 1 is 0.962 bits per heavy atom. The molecule has 52 heavy (non-hydrogen) atoms. The number of likely N-dealkylation sites (N-methyl/N-ethyl adjacent to an activating group) is 1. The summed E-state index contributed by atoms with van der Waals surface area (Å²) in [6.07, 6.45) is 6.09. The van der Waals surface area contributed by atoms with Crippen LogP contribution in [0.3, 0.4) is 0 Å². The zero-order valence-electron chi connectivity index (χ0n) is 31.4. The molecule has 1 aromatic rings. The minimum absolute atomic E-state index is 0.0566. The second-order valence-electron chi connectivity index (χ2n) is 14.9. The monoisotopic (exact) mass is 724 g/mol. The first-order chi connectivity index (χ1) is 24.5. The summed E-state index contributed by atoms with van der Waals surface area (Å²) >= 11 is 0. The van der Waals surface area contributed by atoms with Crippen LogP contribution in [0, 0.1) is 11.8 Å². The molecule has 5 atom stereocenters. The Kier molecular flexibility index (Phi) is 15.4. The zero-order valence-corrected chi connectivity index (χ0v) is 31.4. The first-order valence-electron chi connectivity index (χ1n) is 18.1. The fourth-order valence-corrected chi connectivity index (χ4v) is 6.68. The molecule has 286 valence electrons. The summed E-state index contributed by atoms with van der Waals surface area (Å²) in [6.45, 7) is 10.4.